The lowest BCUT2D eigenvalue weighted by molar-refractivity contribution is 0.164. The molecule has 1 N–H and O–H groups in total. The van der Waals surface area contributed by atoms with Crippen LogP contribution in [0.4, 0.5) is 0 Å². The Morgan fingerprint density at radius 2 is 2.69 bits per heavy atom. The maximum absolute atomic E-state index is 4.30. The molecular formula is C9H15N3S. The van der Waals surface area contributed by atoms with Crippen molar-refractivity contribution in [3.8, 4) is 0 Å². The van der Waals surface area contributed by atoms with Gasteiger partial charge < -0.3 is 5.32 Å². The maximum Gasteiger partial charge on any atom is 0.0795 e. The molecule has 2 rings (SSSR count). The van der Waals surface area contributed by atoms with Crippen molar-refractivity contribution in [3.05, 3.63) is 16.6 Å². The summed E-state index contributed by atoms with van der Waals surface area (Å²) in [5, 5.41) is 5.52. The maximum atomic E-state index is 4.30. The molecule has 0 radical (unpaired) electrons. The minimum absolute atomic E-state index is 0.635. The van der Waals surface area contributed by atoms with Crippen molar-refractivity contribution in [2.24, 2.45) is 0 Å². The van der Waals surface area contributed by atoms with Gasteiger partial charge in [0, 0.05) is 37.6 Å². The summed E-state index contributed by atoms with van der Waals surface area (Å²) in [6.45, 7) is 6.61. The van der Waals surface area contributed by atoms with Crippen molar-refractivity contribution in [2.45, 2.75) is 19.5 Å². The van der Waals surface area contributed by atoms with Crippen molar-refractivity contribution in [1.82, 2.24) is 15.2 Å². The van der Waals surface area contributed by atoms with Gasteiger partial charge in [-0.25, -0.2) is 4.98 Å². The van der Waals surface area contributed by atoms with Gasteiger partial charge in [0.15, 0.2) is 0 Å². The van der Waals surface area contributed by atoms with Gasteiger partial charge in [-0.3, -0.25) is 4.90 Å². The summed E-state index contributed by atoms with van der Waals surface area (Å²) in [6.07, 6.45) is 0. The number of nitrogens with zero attached hydrogens (tertiary/aromatic N) is 2. The fourth-order valence-corrected chi connectivity index (χ4v) is 2.19. The number of hydrogen-bond acceptors (Lipinski definition) is 4. The molecule has 4 heteroatoms. The highest BCUT2D eigenvalue weighted by Crippen LogP contribution is 2.09. The molecule has 13 heavy (non-hydrogen) atoms. The summed E-state index contributed by atoms with van der Waals surface area (Å²) < 4.78 is 0. The lowest BCUT2D eigenvalue weighted by Gasteiger charge is -2.33. The van der Waals surface area contributed by atoms with Gasteiger partial charge in [-0.2, -0.15) is 0 Å². The minimum Gasteiger partial charge on any atom is -0.314 e. The van der Waals surface area contributed by atoms with Gasteiger partial charge in [0.1, 0.15) is 0 Å². The Kier molecular flexibility index (Phi) is 2.93. The second-order valence-electron chi connectivity index (χ2n) is 3.50. The van der Waals surface area contributed by atoms with Crippen molar-refractivity contribution in [2.75, 3.05) is 19.6 Å². The second kappa shape index (κ2) is 4.17. The molecule has 1 aromatic rings. The van der Waals surface area contributed by atoms with Crippen molar-refractivity contribution < 1.29 is 0 Å². The number of rotatable bonds is 2. The van der Waals surface area contributed by atoms with Gasteiger partial charge >= 0.3 is 0 Å². The Balaban J connectivity index is 1.93. The van der Waals surface area contributed by atoms with E-state index >= 15 is 0 Å². The highest BCUT2D eigenvalue weighted by Gasteiger charge is 2.17. The average Bonchev–Trinajstić information content (AvgIpc) is 2.61. The summed E-state index contributed by atoms with van der Waals surface area (Å²) in [4.78, 5) is 6.78. The van der Waals surface area contributed by atoms with E-state index in [1.54, 1.807) is 11.3 Å². The Labute approximate surface area is 82.8 Å². The van der Waals surface area contributed by atoms with E-state index in [2.05, 4.69) is 27.5 Å². The van der Waals surface area contributed by atoms with Crippen LogP contribution in [-0.2, 0) is 6.54 Å². The zero-order valence-electron chi connectivity index (χ0n) is 7.86. The molecule has 3 nitrogen and oxygen atoms in total. The normalized spacial score (nSPS) is 24.8. The van der Waals surface area contributed by atoms with Crippen molar-refractivity contribution in [1.29, 1.82) is 0 Å². The Morgan fingerprint density at radius 3 is 3.38 bits per heavy atom. The van der Waals surface area contributed by atoms with Crippen LogP contribution in [0, 0.1) is 0 Å². The van der Waals surface area contributed by atoms with E-state index in [1.165, 1.54) is 5.69 Å². The molecule has 0 amide bonds. The van der Waals surface area contributed by atoms with E-state index < -0.39 is 0 Å². The van der Waals surface area contributed by atoms with Crippen LogP contribution >= 0.6 is 11.3 Å². The van der Waals surface area contributed by atoms with Gasteiger partial charge in [0.05, 0.1) is 11.2 Å². The van der Waals surface area contributed by atoms with E-state index in [0.717, 1.165) is 26.2 Å². The Morgan fingerprint density at radius 1 is 1.77 bits per heavy atom. The SMILES string of the molecule is CC1CNCCN1Cc1cscn1. The van der Waals surface area contributed by atoms with Crippen molar-refractivity contribution in [3.63, 3.8) is 0 Å². The Bertz CT molecular complexity index is 247. The highest BCUT2D eigenvalue weighted by atomic mass is 32.1. The van der Waals surface area contributed by atoms with Crippen LogP contribution in [0.2, 0.25) is 0 Å². The van der Waals surface area contributed by atoms with Gasteiger partial charge in [-0.1, -0.05) is 0 Å². The standard InChI is InChI=1S/C9H15N3S/c1-8-4-10-2-3-12(8)5-9-6-13-7-11-9/h6-8,10H,2-5H2,1H3. The molecular weight excluding hydrogens is 182 g/mol. The fourth-order valence-electron chi connectivity index (χ4n) is 1.64. The summed E-state index contributed by atoms with van der Waals surface area (Å²) in [6, 6.07) is 0.635. The van der Waals surface area contributed by atoms with Crippen LogP contribution < -0.4 is 5.32 Å². The number of hydrogen-bond donors (Lipinski definition) is 1. The molecule has 0 saturated carbocycles. The first-order chi connectivity index (χ1) is 6.36. The zero-order valence-corrected chi connectivity index (χ0v) is 8.68. The van der Waals surface area contributed by atoms with Crippen LogP contribution in [0.5, 0.6) is 0 Å². The van der Waals surface area contributed by atoms with E-state index in [1.807, 2.05) is 5.51 Å². The number of aromatic nitrogens is 1. The lowest BCUT2D eigenvalue weighted by atomic mass is 10.2. The van der Waals surface area contributed by atoms with E-state index in [9.17, 15) is 0 Å². The van der Waals surface area contributed by atoms with Crippen LogP contribution in [0.15, 0.2) is 10.9 Å². The third kappa shape index (κ3) is 2.27. The van der Waals surface area contributed by atoms with Crippen LogP contribution in [0.25, 0.3) is 0 Å². The first-order valence-corrected chi connectivity index (χ1v) is 5.62. The molecule has 1 atom stereocenters. The number of nitrogens with one attached hydrogen (secondary N) is 1. The lowest BCUT2D eigenvalue weighted by Crippen LogP contribution is -2.49. The van der Waals surface area contributed by atoms with Gasteiger partial charge in [0.2, 0.25) is 0 Å². The molecule has 1 unspecified atom stereocenters. The quantitative estimate of drug-likeness (QED) is 0.764. The van der Waals surface area contributed by atoms with Crippen LogP contribution in [-0.4, -0.2) is 35.6 Å². The van der Waals surface area contributed by atoms with E-state index in [0.29, 0.717) is 6.04 Å². The summed E-state index contributed by atoms with van der Waals surface area (Å²) in [5.74, 6) is 0. The molecule has 0 aromatic carbocycles. The van der Waals surface area contributed by atoms with Gasteiger partial charge in [0.25, 0.3) is 0 Å². The topological polar surface area (TPSA) is 28.2 Å². The predicted molar refractivity (Wildman–Crippen MR) is 54.9 cm³/mol. The van der Waals surface area contributed by atoms with Gasteiger partial charge in [-0.05, 0) is 6.92 Å². The monoisotopic (exact) mass is 197 g/mol. The third-order valence-electron chi connectivity index (χ3n) is 2.49. The number of piperazine rings is 1. The molecule has 0 spiro atoms. The highest BCUT2D eigenvalue weighted by molar-refractivity contribution is 7.07. The summed E-state index contributed by atoms with van der Waals surface area (Å²) >= 11 is 1.68. The Hall–Kier alpha value is -0.450. The predicted octanol–water partition coefficient (Wildman–Crippen LogP) is 0.937. The molecule has 1 aromatic heterocycles. The van der Waals surface area contributed by atoms with E-state index in [-0.39, 0.29) is 0 Å². The molecule has 1 fully saturated rings. The summed E-state index contributed by atoms with van der Waals surface area (Å²) in [5.41, 5.74) is 3.11. The molecule has 1 aliphatic heterocycles. The molecule has 2 heterocycles. The molecule has 72 valence electrons. The number of thiazole rings is 1. The zero-order chi connectivity index (χ0) is 9.10. The first kappa shape index (κ1) is 9.12. The first-order valence-electron chi connectivity index (χ1n) is 4.68. The van der Waals surface area contributed by atoms with Crippen LogP contribution in [0.1, 0.15) is 12.6 Å². The fraction of sp³-hybridized carbons (Fsp3) is 0.667. The van der Waals surface area contributed by atoms with Crippen LogP contribution in [0.3, 0.4) is 0 Å². The van der Waals surface area contributed by atoms with Gasteiger partial charge in [-0.15, -0.1) is 11.3 Å². The third-order valence-corrected chi connectivity index (χ3v) is 3.12. The largest absolute Gasteiger partial charge is 0.314 e. The van der Waals surface area contributed by atoms with Crippen molar-refractivity contribution >= 4 is 11.3 Å². The minimum atomic E-state index is 0.635. The average molecular weight is 197 g/mol. The summed E-state index contributed by atoms with van der Waals surface area (Å²) in [7, 11) is 0. The van der Waals surface area contributed by atoms with E-state index in [4.69, 9.17) is 0 Å². The molecule has 1 saturated heterocycles. The second-order valence-corrected chi connectivity index (χ2v) is 4.22. The molecule has 0 aliphatic carbocycles. The smallest absolute Gasteiger partial charge is 0.0795 e. The molecule has 0 bridgehead atoms. The molecule has 1 aliphatic rings.